The first kappa shape index (κ1) is 65.4. The van der Waals surface area contributed by atoms with E-state index in [-0.39, 0.29) is 34.1 Å². The van der Waals surface area contributed by atoms with Crippen LogP contribution in [0.5, 0.6) is 0 Å². The van der Waals surface area contributed by atoms with E-state index in [4.69, 9.17) is 10.6 Å². The molecule has 12 rings (SSSR count). The van der Waals surface area contributed by atoms with E-state index in [2.05, 4.69) is 347 Å². The predicted molar refractivity (Wildman–Crippen MR) is 389 cm³/mol. The molecule has 8 heteroatoms. The van der Waals surface area contributed by atoms with Gasteiger partial charge in [0.2, 0.25) is 0 Å². The summed E-state index contributed by atoms with van der Waals surface area (Å²) in [5, 5.41) is 27.6. The molecule has 0 unspecified atom stereocenters. The second kappa shape index (κ2) is 31.0. The van der Waals surface area contributed by atoms with Crippen LogP contribution in [0, 0.1) is 55.4 Å². The van der Waals surface area contributed by atoms with Crippen molar-refractivity contribution >= 4 is 118 Å². The van der Waals surface area contributed by atoms with Gasteiger partial charge in [-0.2, -0.15) is 0 Å². The van der Waals surface area contributed by atoms with Gasteiger partial charge in [-0.05, 0) is 221 Å². The fourth-order valence-electron chi connectivity index (χ4n) is 11.4. The number of aryl methyl sites for hydroxylation is 8. The molecule has 0 spiro atoms. The average Bonchev–Trinajstić information content (AvgIpc) is 1.22. The second-order valence-electron chi connectivity index (χ2n) is 22.5. The maximum absolute atomic E-state index is 5.64. The molecular weight excluding hydrogens is 1240 g/mol. The maximum atomic E-state index is 5.64. The van der Waals surface area contributed by atoms with E-state index in [0.717, 1.165) is 22.7 Å². The largest absolute Gasteiger partial charge is 2.00 e. The Morgan fingerprint density at radius 2 is 0.307 bits per heavy atom. The number of rotatable bonds is 16. The second-order valence-corrected chi connectivity index (χ2v) is 32.2. The molecule has 0 N–H and O–H groups in total. The molecule has 2 nitrogen and oxygen atoms in total. The first-order valence-corrected chi connectivity index (χ1v) is 35.8. The van der Waals surface area contributed by atoms with Crippen molar-refractivity contribution in [1.82, 2.24) is 0 Å². The van der Waals surface area contributed by atoms with Crippen molar-refractivity contribution in [2.75, 3.05) is 0 Å². The number of nitrogens with zero attached hydrogens (tertiary/aromatic N) is 2. The summed E-state index contributed by atoms with van der Waals surface area (Å²) in [7, 11) is -5.22. The molecule has 12 aromatic rings. The molecule has 0 heterocycles. The molecule has 0 atom stereocenters. The molecule has 0 aliphatic rings. The minimum Gasteiger partial charge on any atom is -0.651 e. The zero-order chi connectivity index (χ0) is 59.5. The van der Waals surface area contributed by atoms with Crippen LogP contribution in [0.3, 0.4) is 0 Å². The van der Waals surface area contributed by atoms with Crippen molar-refractivity contribution in [2.45, 2.75) is 55.4 Å². The average molecular weight is 1320 g/mol. The molecule has 12 aromatic carbocycles. The minimum atomic E-state index is -1.30. The smallest absolute Gasteiger partial charge is 0.651 e. The molecule has 0 aliphatic carbocycles. The Hall–Kier alpha value is -7.00. The molecule has 0 saturated carbocycles. The van der Waals surface area contributed by atoms with Gasteiger partial charge in [0.25, 0.3) is 0 Å². The Bertz CT molecular complexity index is 3490. The summed E-state index contributed by atoms with van der Waals surface area (Å²) < 4.78 is 0. The van der Waals surface area contributed by atoms with Crippen LogP contribution in [-0.4, -0.2) is 0 Å². The van der Waals surface area contributed by atoms with Crippen LogP contribution in [0.15, 0.2) is 291 Å². The van der Waals surface area contributed by atoms with Gasteiger partial charge in [0.1, 0.15) is 42.4 Å². The van der Waals surface area contributed by atoms with Crippen molar-refractivity contribution in [1.29, 1.82) is 0 Å². The van der Waals surface area contributed by atoms with Gasteiger partial charge in [-0.3, -0.25) is 0 Å². The van der Waals surface area contributed by atoms with Crippen molar-refractivity contribution < 1.29 is 34.1 Å². The van der Waals surface area contributed by atoms with Crippen LogP contribution in [0.4, 0.5) is 22.7 Å². The van der Waals surface area contributed by atoms with E-state index in [9.17, 15) is 0 Å². The summed E-state index contributed by atoms with van der Waals surface area (Å²) in [5.74, 6) is 0. The van der Waals surface area contributed by atoms with E-state index in [1.54, 1.807) is 0 Å². The number of hydrogen-bond acceptors (Lipinski definition) is 0. The normalized spacial score (nSPS) is 11.0. The van der Waals surface area contributed by atoms with Gasteiger partial charge >= 0.3 is 34.1 Å². The Morgan fingerprint density at radius 3 is 0.443 bits per heavy atom. The van der Waals surface area contributed by atoms with Gasteiger partial charge in [0, 0.05) is 0 Å². The van der Waals surface area contributed by atoms with Crippen LogP contribution in [0.1, 0.15) is 44.5 Å². The predicted octanol–water partition coefficient (Wildman–Crippen LogP) is 16.5. The standard InChI is InChI=1S/2C40H36NP2.2Cu/c2*1-29-25-37(39(27-31(29)3)42(33-17-9-5-10-18-33)34-19-11-6-12-20-34)41-38-26-30(2)32(4)28-40(38)43(35-21-13-7-14-22-35)36-23-15-8-16-24-36;;/h2*5-28H,1-4H3;;/q2*-1;2*+2/p+4. The summed E-state index contributed by atoms with van der Waals surface area (Å²) in [6, 6.07) is 107. The van der Waals surface area contributed by atoms with Crippen LogP contribution in [0.2, 0.25) is 0 Å². The molecule has 0 fully saturated rings. The summed E-state index contributed by atoms with van der Waals surface area (Å²) in [6.07, 6.45) is 0. The topological polar surface area (TPSA) is 28.2 Å². The Balaban J connectivity index is 0.000000205. The zero-order valence-corrected chi connectivity index (χ0v) is 57.1. The van der Waals surface area contributed by atoms with E-state index in [1.807, 2.05) is 0 Å². The zero-order valence-electron chi connectivity index (χ0n) is 51.2. The van der Waals surface area contributed by atoms with Gasteiger partial charge in [-0.15, -0.1) is 0 Å². The van der Waals surface area contributed by atoms with Gasteiger partial charge in [-0.1, -0.05) is 193 Å². The third kappa shape index (κ3) is 15.3. The molecule has 0 aromatic heterocycles. The van der Waals surface area contributed by atoms with E-state index < -0.39 is 31.7 Å². The van der Waals surface area contributed by atoms with E-state index in [0.29, 0.717) is 0 Å². The summed E-state index contributed by atoms with van der Waals surface area (Å²) in [4.78, 5) is 0. The SMILES string of the molecule is Cc1cc([N-]c2cc(C)c(C)cc2[PH+](c2ccccc2)c2ccccc2)c([PH+](c2ccccc2)c2ccccc2)cc1C.Cc1cc([N-]c2cc(C)c(C)cc2[PH+](c2ccccc2)c2ccccc2)c([PH+](c2ccccc2)c2ccccc2)cc1C.[Cu+2].[Cu+2]. The maximum Gasteiger partial charge on any atom is 2.00 e. The molecular formula is C80H76Cu2N2P4+6. The molecule has 442 valence electrons. The summed E-state index contributed by atoms with van der Waals surface area (Å²) in [6.45, 7) is 17.7. The molecule has 0 bridgehead atoms. The Morgan fingerprint density at radius 1 is 0.182 bits per heavy atom. The van der Waals surface area contributed by atoms with E-state index in [1.165, 1.54) is 108 Å². The fraction of sp³-hybridized carbons (Fsp3) is 0.100. The molecule has 2 radical (unpaired) electrons. The van der Waals surface area contributed by atoms with Gasteiger partial charge < -0.3 is 10.6 Å². The van der Waals surface area contributed by atoms with Crippen molar-refractivity contribution in [2.24, 2.45) is 0 Å². The fourth-order valence-corrected chi connectivity index (χ4v) is 22.4. The Labute approximate surface area is 549 Å². The van der Waals surface area contributed by atoms with Crippen LogP contribution in [0.25, 0.3) is 10.6 Å². The third-order valence-electron chi connectivity index (χ3n) is 16.5. The van der Waals surface area contributed by atoms with Crippen molar-refractivity contribution in [3.8, 4) is 0 Å². The van der Waals surface area contributed by atoms with Crippen LogP contribution >= 0.6 is 31.7 Å². The third-order valence-corrected chi connectivity index (χ3v) is 27.5. The minimum absolute atomic E-state index is 0. The summed E-state index contributed by atoms with van der Waals surface area (Å²) in [5.41, 5.74) is 14.6. The molecule has 0 saturated heterocycles. The van der Waals surface area contributed by atoms with Crippen molar-refractivity contribution in [3.05, 3.63) is 346 Å². The van der Waals surface area contributed by atoms with Gasteiger partial charge in [0.15, 0.2) is 0 Å². The Kier molecular flexibility index (Phi) is 23.0. The summed E-state index contributed by atoms with van der Waals surface area (Å²) >= 11 is 0. The quantitative estimate of drug-likeness (QED) is 0.0681. The van der Waals surface area contributed by atoms with Crippen LogP contribution < -0.4 is 63.7 Å². The van der Waals surface area contributed by atoms with Gasteiger partial charge in [-0.25, -0.2) is 0 Å². The first-order chi connectivity index (χ1) is 42.0. The molecule has 0 aliphatic heterocycles. The molecule has 88 heavy (non-hydrogen) atoms. The number of hydrogen-bond donors (Lipinski definition) is 0. The van der Waals surface area contributed by atoms with Crippen molar-refractivity contribution in [3.63, 3.8) is 0 Å². The first-order valence-electron chi connectivity index (χ1n) is 29.8. The number of benzene rings is 12. The monoisotopic (exact) mass is 1310 g/mol. The van der Waals surface area contributed by atoms with Gasteiger partial charge in [0.05, 0.1) is 52.9 Å². The van der Waals surface area contributed by atoms with Crippen LogP contribution in [-0.2, 0) is 34.1 Å². The molecule has 0 amide bonds. The van der Waals surface area contributed by atoms with E-state index >= 15 is 0 Å².